The molecule has 0 saturated heterocycles. The summed E-state index contributed by atoms with van der Waals surface area (Å²) in [6.45, 7) is 16.2. The minimum absolute atomic E-state index is 0.499. The normalized spacial score (nSPS) is 12.0. The van der Waals surface area contributed by atoms with Crippen LogP contribution in [0.25, 0.3) is 17.1 Å². The maximum Gasteiger partial charge on any atom is 0.294 e. The third-order valence-corrected chi connectivity index (χ3v) is 7.02. The average molecular weight is 382 g/mol. The topological polar surface area (TPSA) is 8.81 Å². The molecule has 0 N–H and O–H groups in total. The number of rotatable bonds is 5. The van der Waals surface area contributed by atoms with Gasteiger partial charge in [-0.2, -0.15) is 4.57 Å². The van der Waals surface area contributed by atoms with Crippen molar-refractivity contribution in [2.45, 2.75) is 66.2 Å². The molecule has 1 aromatic carbocycles. The molecule has 0 radical (unpaired) electrons. The van der Waals surface area contributed by atoms with Gasteiger partial charge in [-0.05, 0) is 36.3 Å². The molecule has 0 saturated carbocycles. The van der Waals surface area contributed by atoms with E-state index in [9.17, 15) is 0 Å². The van der Waals surface area contributed by atoms with Gasteiger partial charge in [-0.15, -0.1) is 11.3 Å². The number of hydrogen-bond donors (Lipinski definition) is 0. The lowest BCUT2D eigenvalue weighted by atomic mass is 9.95. The van der Waals surface area contributed by atoms with Crippen LogP contribution in [0.5, 0.6) is 0 Å². The summed E-state index contributed by atoms with van der Waals surface area (Å²) in [4.78, 5) is 3.03. The van der Waals surface area contributed by atoms with E-state index in [1.54, 1.807) is 0 Å². The van der Waals surface area contributed by atoms with Crippen molar-refractivity contribution < 1.29 is 4.57 Å². The Balaban J connectivity index is 2.38. The maximum atomic E-state index is 2.44. The molecule has 0 aliphatic carbocycles. The van der Waals surface area contributed by atoms with Gasteiger partial charge in [0.2, 0.25) is 0 Å². The molecule has 3 aromatic rings. The van der Waals surface area contributed by atoms with Crippen LogP contribution in [0.1, 0.15) is 80.2 Å². The maximum absolute atomic E-state index is 2.44. The molecule has 2 nitrogen and oxygen atoms in total. The number of hydrogen-bond acceptors (Lipinski definition) is 1. The molecule has 0 fully saturated rings. The zero-order chi connectivity index (χ0) is 19.9. The van der Waals surface area contributed by atoms with Gasteiger partial charge >= 0.3 is 0 Å². The van der Waals surface area contributed by atoms with Crippen LogP contribution in [-0.4, -0.2) is 4.57 Å². The van der Waals surface area contributed by atoms with Crippen LogP contribution in [0.3, 0.4) is 0 Å². The lowest BCUT2D eigenvalue weighted by molar-refractivity contribution is -0.659. The van der Waals surface area contributed by atoms with Crippen molar-refractivity contribution in [3.8, 4) is 17.1 Å². The van der Waals surface area contributed by atoms with Gasteiger partial charge in [0.1, 0.15) is 12.4 Å². The fraction of sp³-hybridized carbons (Fsp3) is 0.458. The van der Waals surface area contributed by atoms with E-state index in [0.717, 1.165) is 0 Å². The van der Waals surface area contributed by atoms with Crippen molar-refractivity contribution in [1.82, 2.24) is 4.57 Å². The quantitative estimate of drug-likeness (QED) is 0.434. The number of thiophene rings is 1. The summed E-state index contributed by atoms with van der Waals surface area (Å²) in [6.07, 6.45) is 4.42. The molecule has 0 spiro atoms. The minimum Gasteiger partial charge on any atom is -0.232 e. The monoisotopic (exact) mass is 381 g/mol. The van der Waals surface area contributed by atoms with Crippen LogP contribution in [0.15, 0.2) is 36.7 Å². The third kappa shape index (κ3) is 3.50. The fourth-order valence-electron chi connectivity index (χ4n) is 3.90. The predicted octanol–water partition coefficient (Wildman–Crippen LogP) is 6.71. The van der Waals surface area contributed by atoms with Crippen LogP contribution in [0, 0.1) is 6.92 Å². The van der Waals surface area contributed by atoms with Crippen molar-refractivity contribution in [3.05, 3.63) is 57.5 Å². The van der Waals surface area contributed by atoms with Crippen LogP contribution >= 0.6 is 11.3 Å². The second-order valence-corrected chi connectivity index (χ2v) is 9.56. The number of imidazole rings is 1. The van der Waals surface area contributed by atoms with Crippen LogP contribution in [0.2, 0.25) is 0 Å². The van der Waals surface area contributed by atoms with Gasteiger partial charge in [-0.3, -0.25) is 0 Å². The summed E-state index contributed by atoms with van der Waals surface area (Å²) in [6, 6.07) is 8.69. The molecule has 3 rings (SSSR count). The first kappa shape index (κ1) is 19.9. The van der Waals surface area contributed by atoms with Crippen LogP contribution in [0.4, 0.5) is 0 Å². The summed E-state index contributed by atoms with van der Waals surface area (Å²) in [7, 11) is 2.15. The van der Waals surface area contributed by atoms with Crippen molar-refractivity contribution in [2.24, 2.45) is 7.05 Å². The molecular formula is C24H33N2S+. The number of benzene rings is 1. The first-order chi connectivity index (χ1) is 12.7. The average Bonchev–Trinajstić information content (AvgIpc) is 3.16. The first-order valence-corrected chi connectivity index (χ1v) is 10.8. The fourth-order valence-corrected chi connectivity index (χ4v) is 5.36. The Bertz CT molecular complexity index is 941. The van der Waals surface area contributed by atoms with Crippen molar-refractivity contribution in [1.29, 1.82) is 0 Å². The molecule has 3 heteroatoms. The highest BCUT2D eigenvalue weighted by Crippen LogP contribution is 2.44. The van der Waals surface area contributed by atoms with E-state index in [2.05, 4.69) is 101 Å². The first-order valence-electron chi connectivity index (χ1n) is 10.0. The minimum atomic E-state index is 0.499. The van der Waals surface area contributed by atoms with Gasteiger partial charge in [0.15, 0.2) is 5.69 Å². The van der Waals surface area contributed by atoms with Crippen molar-refractivity contribution in [3.63, 3.8) is 0 Å². The Kier molecular flexibility index (Phi) is 5.62. The molecule has 0 aliphatic heterocycles. The molecule has 2 aromatic heterocycles. The van der Waals surface area contributed by atoms with Gasteiger partial charge in [0.25, 0.3) is 5.82 Å². The Morgan fingerprint density at radius 2 is 1.52 bits per heavy atom. The van der Waals surface area contributed by atoms with E-state index in [4.69, 9.17) is 0 Å². The summed E-state index contributed by atoms with van der Waals surface area (Å²) in [5.74, 6) is 2.81. The molecule has 0 atom stereocenters. The molecule has 144 valence electrons. The molecule has 0 unspecified atom stereocenters. The Morgan fingerprint density at radius 1 is 0.889 bits per heavy atom. The van der Waals surface area contributed by atoms with E-state index in [0.29, 0.717) is 17.8 Å². The summed E-state index contributed by atoms with van der Waals surface area (Å²) >= 11 is 2.01. The van der Waals surface area contributed by atoms with Crippen molar-refractivity contribution >= 4 is 11.3 Å². The second kappa shape index (κ2) is 7.63. The summed E-state index contributed by atoms with van der Waals surface area (Å²) in [5.41, 5.74) is 5.54. The predicted molar refractivity (Wildman–Crippen MR) is 117 cm³/mol. The molecule has 2 heterocycles. The van der Waals surface area contributed by atoms with Crippen molar-refractivity contribution in [2.75, 3.05) is 0 Å². The lowest BCUT2D eigenvalue weighted by Crippen LogP contribution is -2.29. The van der Waals surface area contributed by atoms with E-state index >= 15 is 0 Å². The highest BCUT2D eigenvalue weighted by molar-refractivity contribution is 7.12. The Labute approximate surface area is 168 Å². The smallest absolute Gasteiger partial charge is 0.232 e. The zero-order valence-corrected chi connectivity index (χ0v) is 18.8. The summed E-state index contributed by atoms with van der Waals surface area (Å²) in [5, 5.41) is 0. The molecule has 0 bridgehead atoms. The number of aryl methyl sites for hydroxylation is 2. The third-order valence-electron chi connectivity index (χ3n) is 5.23. The molecular weight excluding hydrogens is 348 g/mol. The molecule has 27 heavy (non-hydrogen) atoms. The lowest BCUT2D eigenvalue weighted by Gasteiger charge is -2.14. The second-order valence-electron chi connectivity index (χ2n) is 8.47. The van der Waals surface area contributed by atoms with Gasteiger partial charge in [-0.25, -0.2) is 4.57 Å². The molecule has 0 aliphatic rings. The summed E-state index contributed by atoms with van der Waals surface area (Å²) < 4.78 is 4.69. The Hall–Kier alpha value is -1.87. The van der Waals surface area contributed by atoms with Gasteiger partial charge in [0, 0.05) is 10.4 Å². The van der Waals surface area contributed by atoms with E-state index in [-0.39, 0.29) is 0 Å². The Morgan fingerprint density at radius 3 is 2.07 bits per heavy atom. The molecule has 0 amide bonds. The van der Waals surface area contributed by atoms with E-state index < -0.39 is 0 Å². The number of nitrogens with zero attached hydrogens (tertiary/aromatic N) is 2. The number of aromatic nitrogens is 2. The van der Waals surface area contributed by atoms with Gasteiger partial charge in [0.05, 0.1) is 17.5 Å². The van der Waals surface area contributed by atoms with Gasteiger partial charge < -0.3 is 0 Å². The van der Waals surface area contributed by atoms with Crippen LogP contribution < -0.4 is 4.57 Å². The van der Waals surface area contributed by atoms with Gasteiger partial charge in [-0.1, -0.05) is 59.7 Å². The van der Waals surface area contributed by atoms with Crippen LogP contribution in [-0.2, 0) is 7.05 Å². The van der Waals surface area contributed by atoms with E-state index in [1.807, 2.05) is 11.3 Å². The SMILES string of the molecule is Cc1ccccc1-c1n(-c2c(C(C)C)sc(C(C)C)c2C(C)C)cc[n+]1C. The zero-order valence-electron chi connectivity index (χ0n) is 18.0. The highest BCUT2D eigenvalue weighted by Gasteiger charge is 2.31. The van der Waals surface area contributed by atoms with E-state index in [1.165, 1.54) is 38.0 Å². The largest absolute Gasteiger partial charge is 0.294 e. The standard InChI is InChI=1S/C24H33N2S/c1-15(2)20-21(23(17(5)6)27-22(20)16(3)4)26-14-13-25(8)24(26)19-12-10-9-11-18(19)7/h9-17H,1-8H3/q+1. The highest BCUT2D eigenvalue weighted by atomic mass is 32.1.